The molecule has 1 atom stereocenters. The Morgan fingerprint density at radius 2 is 1.80 bits per heavy atom. The van der Waals surface area contributed by atoms with Gasteiger partial charge in [-0.25, -0.2) is 0 Å². The SMILES string of the molecule is CCCOCCC(c1ccc(Cl)cc1)N1CCCCC1. The van der Waals surface area contributed by atoms with Crippen molar-refractivity contribution in [2.24, 2.45) is 0 Å². The van der Waals surface area contributed by atoms with Crippen molar-refractivity contribution in [1.29, 1.82) is 0 Å². The molecule has 2 nitrogen and oxygen atoms in total. The van der Waals surface area contributed by atoms with Gasteiger partial charge in [-0.3, -0.25) is 4.90 Å². The zero-order chi connectivity index (χ0) is 14.2. The smallest absolute Gasteiger partial charge is 0.0484 e. The lowest BCUT2D eigenvalue weighted by Crippen LogP contribution is -2.34. The highest BCUT2D eigenvalue weighted by molar-refractivity contribution is 6.30. The molecule has 2 rings (SSSR count). The minimum absolute atomic E-state index is 0.476. The van der Waals surface area contributed by atoms with E-state index in [2.05, 4.69) is 24.0 Å². The number of hydrogen-bond acceptors (Lipinski definition) is 2. The largest absolute Gasteiger partial charge is 0.381 e. The molecule has 1 aliphatic rings. The molecule has 1 aliphatic heterocycles. The van der Waals surface area contributed by atoms with Crippen molar-refractivity contribution in [3.8, 4) is 0 Å². The van der Waals surface area contributed by atoms with E-state index in [0.717, 1.165) is 31.1 Å². The van der Waals surface area contributed by atoms with Gasteiger partial charge in [0.1, 0.15) is 0 Å². The molecule has 1 fully saturated rings. The summed E-state index contributed by atoms with van der Waals surface area (Å²) in [4.78, 5) is 2.61. The summed E-state index contributed by atoms with van der Waals surface area (Å²) in [6, 6.07) is 8.81. The maximum Gasteiger partial charge on any atom is 0.0484 e. The van der Waals surface area contributed by atoms with Crippen LogP contribution in [0.4, 0.5) is 0 Å². The van der Waals surface area contributed by atoms with Crippen LogP contribution in [0.3, 0.4) is 0 Å². The molecule has 0 spiro atoms. The summed E-state index contributed by atoms with van der Waals surface area (Å²) >= 11 is 6.01. The number of ether oxygens (including phenoxy) is 1. The molecular weight excluding hydrogens is 270 g/mol. The van der Waals surface area contributed by atoms with Crippen LogP contribution in [0.1, 0.15) is 50.6 Å². The zero-order valence-electron chi connectivity index (χ0n) is 12.5. The predicted octanol–water partition coefficient (Wildman–Crippen LogP) is 4.68. The van der Waals surface area contributed by atoms with Gasteiger partial charge < -0.3 is 4.74 Å². The van der Waals surface area contributed by atoms with Gasteiger partial charge in [-0.05, 0) is 56.5 Å². The van der Waals surface area contributed by atoms with Crippen molar-refractivity contribution in [2.75, 3.05) is 26.3 Å². The molecule has 1 aromatic carbocycles. The van der Waals surface area contributed by atoms with Crippen molar-refractivity contribution >= 4 is 11.6 Å². The number of rotatable bonds is 7. The summed E-state index contributed by atoms with van der Waals surface area (Å²) in [5.41, 5.74) is 1.37. The second kappa shape index (κ2) is 8.66. The van der Waals surface area contributed by atoms with E-state index < -0.39 is 0 Å². The average molecular weight is 296 g/mol. The monoisotopic (exact) mass is 295 g/mol. The Bertz CT molecular complexity index is 373. The van der Waals surface area contributed by atoms with Crippen LogP contribution < -0.4 is 0 Å². The topological polar surface area (TPSA) is 12.5 Å². The fraction of sp³-hybridized carbons (Fsp3) is 0.647. The van der Waals surface area contributed by atoms with E-state index in [9.17, 15) is 0 Å². The lowest BCUT2D eigenvalue weighted by Gasteiger charge is -2.35. The minimum Gasteiger partial charge on any atom is -0.381 e. The third-order valence-corrected chi connectivity index (χ3v) is 4.22. The fourth-order valence-corrected chi connectivity index (χ4v) is 3.04. The standard InChI is InChI=1S/C17H26ClNO/c1-2-13-20-14-10-17(19-11-4-3-5-12-19)15-6-8-16(18)9-7-15/h6-9,17H,2-5,10-14H2,1H3. The van der Waals surface area contributed by atoms with Crippen LogP contribution in [-0.2, 0) is 4.74 Å². The Hall–Kier alpha value is -0.570. The number of piperidine rings is 1. The molecule has 3 heteroatoms. The van der Waals surface area contributed by atoms with Crippen LogP contribution in [0.2, 0.25) is 5.02 Å². The third kappa shape index (κ3) is 4.76. The molecule has 0 aromatic heterocycles. The fourth-order valence-electron chi connectivity index (χ4n) is 2.92. The number of benzene rings is 1. The van der Waals surface area contributed by atoms with Crippen LogP contribution in [0, 0.1) is 0 Å². The Morgan fingerprint density at radius 3 is 2.45 bits per heavy atom. The molecule has 0 N–H and O–H groups in total. The molecule has 0 bridgehead atoms. The Labute approximate surface area is 128 Å². The van der Waals surface area contributed by atoms with Crippen LogP contribution in [0.5, 0.6) is 0 Å². The van der Waals surface area contributed by atoms with Crippen molar-refractivity contribution in [1.82, 2.24) is 4.90 Å². The van der Waals surface area contributed by atoms with Gasteiger partial charge in [0.15, 0.2) is 0 Å². The lowest BCUT2D eigenvalue weighted by atomic mass is 9.99. The van der Waals surface area contributed by atoms with E-state index in [1.165, 1.54) is 37.9 Å². The molecule has 1 heterocycles. The first-order valence-electron chi connectivity index (χ1n) is 7.88. The number of nitrogens with zero attached hydrogens (tertiary/aromatic N) is 1. The molecule has 0 saturated carbocycles. The van der Waals surface area contributed by atoms with Gasteiger partial charge in [0, 0.05) is 24.3 Å². The summed E-state index contributed by atoms with van der Waals surface area (Å²) in [6.07, 6.45) is 6.17. The Kier molecular flexibility index (Phi) is 6.85. The van der Waals surface area contributed by atoms with Gasteiger partial charge in [0.05, 0.1) is 0 Å². The zero-order valence-corrected chi connectivity index (χ0v) is 13.2. The van der Waals surface area contributed by atoms with Crippen LogP contribution >= 0.6 is 11.6 Å². The molecule has 1 aromatic rings. The first kappa shape index (κ1) is 15.8. The first-order valence-corrected chi connectivity index (χ1v) is 8.26. The first-order chi connectivity index (χ1) is 9.81. The summed E-state index contributed by atoms with van der Waals surface area (Å²) in [5.74, 6) is 0. The van der Waals surface area contributed by atoms with Gasteiger partial charge in [-0.1, -0.05) is 37.1 Å². The molecule has 112 valence electrons. The number of likely N-dealkylation sites (tertiary alicyclic amines) is 1. The lowest BCUT2D eigenvalue weighted by molar-refractivity contribution is 0.0884. The van der Waals surface area contributed by atoms with Gasteiger partial charge in [-0.15, -0.1) is 0 Å². The molecule has 20 heavy (non-hydrogen) atoms. The normalized spacial score (nSPS) is 18.1. The predicted molar refractivity (Wildman–Crippen MR) is 85.3 cm³/mol. The highest BCUT2D eigenvalue weighted by Crippen LogP contribution is 2.28. The maximum atomic E-state index is 6.01. The van der Waals surface area contributed by atoms with E-state index in [1.54, 1.807) is 0 Å². The Morgan fingerprint density at radius 1 is 1.10 bits per heavy atom. The van der Waals surface area contributed by atoms with Crippen molar-refractivity contribution in [3.63, 3.8) is 0 Å². The van der Waals surface area contributed by atoms with E-state index in [0.29, 0.717) is 6.04 Å². The van der Waals surface area contributed by atoms with Crippen LogP contribution in [-0.4, -0.2) is 31.2 Å². The maximum absolute atomic E-state index is 6.01. The average Bonchev–Trinajstić information content (AvgIpc) is 2.50. The highest BCUT2D eigenvalue weighted by atomic mass is 35.5. The third-order valence-electron chi connectivity index (χ3n) is 3.97. The molecule has 0 radical (unpaired) electrons. The van der Waals surface area contributed by atoms with Crippen molar-refractivity contribution in [2.45, 2.75) is 45.1 Å². The molecule has 1 saturated heterocycles. The van der Waals surface area contributed by atoms with Gasteiger partial charge in [0.25, 0.3) is 0 Å². The number of halogens is 1. The quantitative estimate of drug-likeness (QED) is 0.677. The minimum atomic E-state index is 0.476. The van der Waals surface area contributed by atoms with Gasteiger partial charge in [0.2, 0.25) is 0 Å². The van der Waals surface area contributed by atoms with Crippen LogP contribution in [0.15, 0.2) is 24.3 Å². The highest BCUT2D eigenvalue weighted by Gasteiger charge is 2.21. The number of hydrogen-bond donors (Lipinski definition) is 0. The summed E-state index contributed by atoms with van der Waals surface area (Å²) in [6.45, 7) is 6.29. The Balaban J connectivity index is 2.00. The molecule has 1 unspecified atom stereocenters. The van der Waals surface area contributed by atoms with E-state index in [4.69, 9.17) is 16.3 Å². The summed E-state index contributed by atoms with van der Waals surface area (Å²) in [7, 11) is 0. The molecule has 0 aliphatic carbocycles. The second-order valence-electron chi connectivity index (χ2n) is 5.57. The van der Waals surface area contributed by atoms with E-state index in [1.807, 2.05) is 12.1 Å². The molecular formula is C17H26ClNO. The second-order valence-corrected chi connectivity index (χ2v) is 6.00. The van der Waals surface area contributed by atoms with Gasteiger partial charge in [-0.2, -0.15) is 0 Å². The van der Waals surface area contributed by atoms with Crippen molar-refractivity contribution in [3.05, 3.63) is 34.9 Å². The van der Waals surface area contributed by atoms with E-state index in [-0.39, 0.29) is 0 Å². The van der Waals surface area contributed by atoms with E-state index >= 15 is 0 Å². The summed E-state index contributed by atoms with van der Waals surface area (Å²) in [5, 5.41) is 0.813. The summed E-state index contributed by atoms with van der Waals surface area (Å²) < 4.78 is 5.70. The van der Waals surface area contributed by atoms with Crippen molar-refractivity contribution < 1.29 is 4.74 Å². The van der Waals surface area contributed by atoms with Crippen LogP contribution in [0.25, 0.3) is 0 Å². The molecule has 0 amide bonds. The van der Waals surface area contributed by atoms with Gasteiger partial charge >= 0.3 is 0 Å².